The van der Waals surface area contributed by atoms with Crippen LogP contribution >= 0.6 is 0 Å². The lowest BCUT2D eigenvalue weighted by atomic mass is 10.1. The first kappa shape index (κ1) is 15.2. The number of carbonyl (C=O) groups excluding carboxylic acids is 2. The molecule has 2 amide bonds. The van der Waals surface area contributed by atoms with Crippen LogP contribution in [0.3, 0.4) is 0 Å². The first-order chi connectivity index (χ1) is 12.2. The summed E-state index contributed by atoms with van der Waals surface area (Å²) in [4.78, 5) is 24.4. The van der Waals surface area contributed by atoms with Gasteiger partial charge in [0.2, 0.25) is 5.91 Å². The van der Waals surface area contributed by atoms with Crippen LogP contribution in [0.4, 0.5) is 11.4 Å². The molecule has 1 aliphatic rings. The highest BCUT2D eigenvalue weighted by Gasteiger charge is 2.29. The molecule has 1 heterocycles. The molecule has 0 aromatic heterocycles. The number of nitrogens with one attached hydrogen (secondary N) is 2. The van der Waals surface area contributed by atoms with Gasteiger partial charge < -0.3 is 15.4 Å². The average molecular weight is 332 g/mol. The quantitative estimate of drug-likeness (QED) is 0.770. The fourth-order valence-electron chi connectivity index (χ4n) is 2.87. The van der Waals surface area contributed by atoms with Crippen molar-refractivity contribution in [3.63, 3.8) is 0 Å². The van der Waals surface area contributed by atoms with Crippen molar-refractivity contribution in [2.75, 3.05) is 10.6 Å². The number of benzene rings is 3. The predicted molar refractivity (Wildman–Crippen MR) is 96.7 cm³/mol. The first-order valence-electron chi connectivity index (χ1n) is 8.04. The van der Waals surface area contributed by atoms with Gasteiger partial charge in [-0.25, -0.2) is 0 Å². The molecule has 0 saturated heterocycles. The van der Waals surface area contributed by atoms with E-state index in [-0.39, 0.29) is 18.2 Å². The van der Waals surface area contributed by atoms with E-state index in [4.69, 9.17) is 4.74 Å². The standard InChI is InChI=1S/C20H16N2O3/c23-19(21-15-10-9-13-5-1-2-6-14(13)11-15)12-18-20(24)22-16-7-3-4-8-17(16)25-18/h1-11,18H,12H2,(H,21,23)(H,22,24)/t18-/m1/s1. The second kappa shape index (κ2) is 6.28. The fraction of sp³-hybridized carbons (Fsp3) is 0.100. The van der Waals surface area contributed by atoms with Crippen LogP contribution in [0.25, 0.3) is 10.8 Å². The zero-order valence-corrected chi connectivity index (χ0v) is 13.4. The molecular weight excluding hydrogens is 316 g/mol. The number of rotatable bonds is 3. The van der Waals surface area contributed by atoms with Crippen molar-refractivity contribution in [3.05, 3.63) is 66.7 Å². The molecule has 0 bridgehead atoms. The van der Waals surface area contributed by atoms with Gasteiger partial charge in [-0.1, -0.05) is 42.5 Å². The molecular formula is C20H16N2O3. The van der Waals surface area contributed by atoms with Gasteiger partial charge in [-0.3, -0.25) is 9.59 Å². The first-order valence-corrected chi connectivity index (χ1v) is 8.04. The lowest BCUT2D eigenvalue weighted by Crippen LogP contribution is -2.39. The van der Waals surface area contributed by atoms with E-state index < -0.39 is 6.10 Å². The molecule has 0 saturated carbocycles. The summed E-state index contributed by atoms with van der Waals surface area (Å²) in [5, 5.41) is 7.73. The van der Waals surface area contributed by atoms with E-state index in [9.17, 15) is 9.59 Å². The van der Waals surface area contributed by atoms with Gasteiger partial charge in [0.15, 0.2) is 6.10 Å². The van der Waals surface area contributed by atoms with Crippen LogP contribution in [0.1, 0.15) is 6.42 Å². The van der Waals surface area contributed by atoms with E-state index in [1.807, 2.05) is 54.6 Å². The monoisotopic (exact) mass is 332 g/mol. The highest BCUT2D eigenvalue weighted by molar-refractivity contribution is 6.02. The van der Waals surface area contributed by atoms with Crippen LogP contribution in [0.15, 0.2) is 66.7 Å². The Labute approximate surface area is 144 Å². The van der Waals surface area contributed by atoms with Crippen LogP contribution in [-0.4, -0.2) is 17.9 Å². The van der Waals surface area contributed by atoms with E-state index in [2.05, 4.69) is 10.6 Å². The molecule has 0 radical (unpaired) electrons. The second-order valence-corrected chi connectivity index (χ2v) is 5.91. The zero-order valence-electron chi connectivity index (χ0n) is 13.4. The Kier molecular flexibility index (Phi) is 3.82. The van der Waals surface area contributed by atoms with Crippen molar-refractivity contribution < 1.29 is 14.3 Å². The summed E-state index contributed by atoms with van der Waals surface area (Å²) in [5.41, 5.74) is 1.32. The third-order valence-corrected chi connectivity index (χ3v) is 4.11. The highest BCUT2D eigenvalue weighted by Crippen LogP contribution is 2.29. The van der Waals surface area contributed by atoms with E-state index in [1.54, 1.807) is 12.1 Å². The summed E-state index contributed by atoms with van der Waals surface area (Å²) in [7, 11) is 0. The van der Waals surface area contributed by atoms with Crippen molar-refractivity contribution in [2.45, 2.75) is 12.5 Å². The van der Waals surface area contributed by atoms with E-state index >= 15 is 0 Å². The minimum absolute atomic E-state index is 0.0486. The number of fused-ring (bicyclic) bond motifs is 2. The van der Waals surface area contributed by atoms with E-state index in [0.29, 0.717) is 17.1 Å². The Morgan fingerprint density at radius 1 is 1.00 bits per heavy atom. The Balaban J connectivity index is 1.45. The number of amides is 2. The van der Waals surface area contributed by atoms with Crippen molar-refractivity contribution in [3.8, 4) is 5.75 Å². The van der Waals surface area contributed by atoms with Gasteiger partial charge >= 0.3 is 0 Å². The number of para-hydroxylation sites is 2. The molecule has 25 heavy (non-hydrogen) atoms. The number of hydrogen-bond acceptors (Lipinski definition) is 3. The Morgan fingerprint density at radius 3 is 2.64 bits per heavy atom. The van der Waals surface area contributed by atoms with Crippen LogP contribution in [-0.2, 0) is 9.59 Å². The maximum absolute atomic E-state index is 12.3. The summed E-state index contributed by atoms with van der Waals surface area (Å²) in [6, 6.07) is 20.8. The van der Waals surface area contributed by atoms with Crippen LogP contribution in [0.2, 0.25) is 0 Å². The van der Waals surface area contributed by atoms with Gasteiger partial charge in [-0.15, -0.1) is 0 Å². The van der Waals surface area contributed by atoms with Crippen molar-refractivity contribution in [1.82, 2.24) is 0 Å². The molecule has 3 aromatic rings. The summed E-state index contributed by atoms with van der Waals surface area (Å²) >= 11 is 0. The van der Waals surface area contributed by atoms with Gasteiger partial charge in [0.25, 0.3) is 5.91 Å². The second-order valence-electron chi connectivity index (χ2n) is 5.91. The van der Waals surface area contributed by atoms with Gasteiger partial charge in [0, 0.05) is 5.69 Å². The van der Waals surface area contributed by atoms with Crippen molar-refractivity contribution in [1.29, 1.82) is 0 Å². The lowest BCUT2D eigenvalue weighted by molar-refractivity contribution is -0.128. The SMILES string of the molecule is O=C(C[C@H]1Oc2ccccc2NC1=O)Nc1ccc2ccccc2c1. The molecule has 2 N–H and O–H groups in total. The maximum atomic E-state index is 12.3. The molecule has 0 aliphatic carbocycles. The molecule has 0 unspecified atom stereocenters. The smallest absolute Gasteiger partial charge is 0.266 e. The van der Waals surface area contributed by atoms with Crippen LogP contribution in [0.5, 0.6) is 5.75 Å². The third-order valence-electron chi connectivity index (χ3n) is 4.11. The molecule has 5 heteroatoms. The van der Waals surface area contributed by atoms with Gasteiger partial charge in [-0.05, 0) is 35.0 Å². The summed E-state index contributed by atoms with van der Waals surface area (Å²) in [5.74, 6) is -0.00669. The largest absolute Gasteiger partial charge is 0.478 e. The minimum atomic E-state index is -0.838. The Bertz CT molecular complexity index is 968. The number of carbonyl (C=O) groups is 2. The Hall–Kier alpha value is -3.34. The van der Waals surface area contributed by atoms with Gasteiger partial charge in [0.05, 0.1) is 12.1 Å². The number of hydrogen-bond donors (Lipinski definition) is 2. The van der Waals surface area contributed by atoms with Crippen LogP contribution in [0, 0.1) is 0 Å². The normalized spacial score (nSPS) is 15.8. The number of ether oxygens (including phenoxy) is 1. The molecule has 0 fully saturated rings. The summed E-state index contributed by atoms with van der Waals surface area (Å²) in [6.07, 6.45) is -0.886. The van der Waals surface area contributed by atoms with Crippen molar-refractivity contribution >= 4 is 34.0 Å². The molecule has 4 rings (SSSR count). The maximum Gasteiger partial charge on any atom is 0.266 e. The minimum Gasteiger partial charge on any atom is -0.478 e. The zero-order chi connectivity index (χ0) is 17.2. The molecule has 0 spiro atoms. The number of anilines is 2. The lowest BCUT2D eigenvalue weighted by Gasteiger charge is -2.25. The topological polar surface area (TPSA) is 67.4 Å². The fourth-order valence-corrected chi connectivity index (χ4v) is 2.87. The summed E-state index contributed by atoms with van der Waals surface area (Å²) in [6.45, 7) is 0. The predicted octanol–water partition coefficient (Wildman–Crippen LogP) is 3.57. The Morgan fingerprint density at radius 2 is 1.76 bits per heavy atom. The molecule has 5 nitrogen and oxygen atoms in total. The van der Waals surface area contributed by atoms with E-state index in [0.717, 1.165) is 10.8 Å². The molecule has 1 atom stereocenters. The van der Waals surface area contributed by atoms with Crippen LogP contribution < -0.4 is 15.4 Å². The molecule has 3 aromatic carbocycles. The van der Waals surface area contributed by atoms with Crippen molar-refractivity contribution in [2.24, 2.45) is 0 Å². The van der Waals surface area contributed by atoms with E-state index in [1.165, 1.54) is 0 Å². The third kappa shape index (κ3) is 3.17. The van der Waals surface area contributed by atoms with Gasteiger partial charge in [-0.2, -0.15) is 0 Å². The average Bonchev–Trinajstić information content (AvgIpc) is 2.62. The van der Waals surface area contributed by atoms with Gasteiger partial charge in [0.1, 0.15) is 5.75 Å². The highest BCUT2D eigenvalue weighted by atomic mass is 16.5. The summed E-state index contributed by atoms with van der Waals surface area (Å²) < 4.78 is 5.65. The molecule has 124 valence electrons. The molecule has 1 aliphatic heterocycles.